The molecule has 2 rings (SSSR count). The molecule has 2 saturated carbocycles. The van der Waals surface area contributed by atoms with E-state index in [2.05, 4.69) is 24.5 Å². The van der Waals surface area contributed by atoms with Gasteiger partial charge in [-0.25, -0.2) is 4.79 Å². The summed E-state index contributed by atoms with van der Waals surface area (Å²) in [6, 6.07) is 0.00795. The Kier molecular flexibility index (Phi) is 5.12. The number of carbonyl (C=O) groups excluding carboxylic acids is 1. The Balaban J connectivity index is 1.67. The molecule has 0 unspecified atom stereocenters. The third kappa shape index (κ3) is 4.35. The zero-order valence-electron chi connectivity index (χ0n) is 13.2. The van der Waals surface area contributed by atoms with Gasteiger partial charge in [-0.2, -0.15) is 0 Å². The maximum atomic E-state index is 12.0. The highest BCUT2D eigenvalue weighted by Gasteiger charge is 2.34. The van der Waals surface area contributed by atoms with Gasteiger partial charge in [0.2, 0.25) is 0 Å². The largest absolute Gasteiger partial charge is 0.481 e. The molecule has 0 aromatic rings. The quantitative estimate of drug-likeness (QED) is 0.730. The average Bonchev–Trinajstić information content (AvgIpc) is 2.34. The van der Waals surface area contributed by atoms with E-state index in [0.29, 0.717) is 19.4 Å². The van der Waals surface area contributed by atoms with E-state index in [0.717, 1.165) is 18.8 Å². The zero-order valence-corrected chi connectivity index (χ0v) is 13.2. The molecule has 0 saturated heterocycles. The van der Waals surface area contributed by atoms with E-state index in [9.17, 15) is 9.59 Å². The molecule has 0 aromatic carbocycles. The summed E-state index contributed by atoms with van der Waals surface area (Å²) in [5.74, 6) is -0.215. The molecule has 0 bridgehead atoms. The van der Waals surface area contributed by atoms with Crippen LogP contribution in [0.2, 0.25) is 0 Å². The van der Waals surface area contributed by atoms with Gasteiger partial charge in [0, 0.05) is 12.6 Å². The van der Waals surface area contributed by atoms with Crippen molar-refractivity contribution >= 4 is 12.0 Å². The normalized spacial score (nSPS) is 26.8. The van der Waals surface area contributed by atoms with Gasteiger partial charge in [0.25, 0.3) is 0 Å². The van der Waals surface area contributed by atoms with Crippen molar-refractivity contribution in [2.45, 2.75) is 64.8 Å². The SMILES string of the molecule is CC(C)(CNC(=O)NC1CCC(C(=O)O)CC1)C1CCC1. The molecule has 21 heavy (non-hydrogen) atoms. The smallest absolute Gasteiger partial charge is 0.315 e. The van der Waals surface area contributed by atoms with Crippen molar-refractivity contribution in [3.8, 4) is 0 Å². The Labute approximate surface area is 126 Å². The van der Waals surface area contributed by atoms with Gasteiger partial charge in [-0.1, -0.05) is 20.3 Å². The van der Waals surface area contributed by atoms with Gasteiger partial charge in [-0.15, -0.1) is 0 Å². The first-order valence-corrected chi connectivity index (χ1v) is 8.15. The Morgan fingerprint density at radius 2 is 1.71 bits per heavy atom. The fourth-order valence-corrected chi connectivity index (χ4v) is 3.36. The maximum Gasteiger partial charge on any atom is 0.315 e. The number of hydrogen-bond donors (Lipinski definition) is 3. The molecule has 0 aliphatic heterocycles. The molecule has 5 nitrogen and oxygen atoms in total. The summed E-state index contributed by atoms with van der Waals surface area (Å²) < 4.78 is 0. The first-order valence-electron chi connectivity index (χ1n) is 8.15. The van der Waals surface area contributed by atoms with Crippen LogP contribution >= 0.6 is 0 Å². The molecular weight excluding hydrogens is 268 g/mol. The van der Waals surface area contributed by atoms with Crippen LogP contribution in [0.3, 0.4) is 0 Å². The number of amides is 2. The number of hydrogen-bond acceptors (Lipinski definition) is 2. The van der Waals surface area contributed by atoms with Crippen molar-refractivity contribution in [3.05, 3.63) is 0 Å². The lowest BCUT2D eigenvalue weighted by molar-refractivity contribution is -0.142. The van der Waals surface area contributed by atoms with Crippen molar-refractivity contribution in [2.24, 2.45) is 17.3 Å². The molecule has 2 aliphatic carbocycles. The molecule has 0 heterocycles. The summed E-state index contributed by atoms with van der Waals surface area (Å²) in [6.45, 7) is 5.14. The first-order chi connectivity index (χ1) is 9.88. The maximum absolute atomic E-state index is 12.0. The standard InChI is InChI=1S/C16H28N2O3/c1-16(2,12-4-3-5-12)10-17-15(21)18-13-8-6-11(7-9-13)14(19)20/h11-13H,3-10H2,1-2H3,(H,19,20)(H2,17,18,21). The summed E-state index contributed by atoms with van der Waals surface area (Å²) in [4.78, 5) is 22.9. The molecular formula is C16H28N2O3. The van der Waals surface area contributed by atoms with Gasteiger partial charge >= 0.3 is 12.0 Å². The van der Waals surface area contributed by atoms with Crippen LogP contribution in [0.4, 0.5) is 4.79 Å². The van der Waals surface area contributed by atoms with Crippen LogP contribution in [0.25, 0.3) is 0 Å². The monoisotopic (exact) mass is 296 g/mol. The zero-order chi connectivity index (χ0) is 15.5. The van der Waals surface area contributed by atoms with E-state index in [-0.39, 0.29) is 23.4 Å². The van der Waals surface area contributed by atoms with Crippen LogP contribution in [0.5, 0.6) is 0 Å². The van der Waals surface area contributed by atoms with Gasteiger partial charge in [0.1, 0.15) is 0 Å². The van der Waals surface area contributed by atoms with E-state index in [4.69, 9.17) is 5.11 Å². The third-order valence-electron chi connectivity index (χ3n) is 5.33. The number of rotatable bonds is 5. The third-order valence-corrected chi connectivity index (χ3v) is 5.33. The van der Waals surface area contributed by atoms with E-state index in [1.54, 1.807) is 0 Å². The second-order valence-corrected chi connectivity index (χ2v) is 7.33. The van der Waals surface area contributed by atoms with E-state index in [1.165, 1.54) is 19.3 Å². The van der Waals surface area contributed by atoms with Crippen LogP contribution in [-0.2, 0) is 4.79 Å². The fourth-order valence-electron chi connectivity index (χ4n) is 3.36. The van der Waals surface area contributed by atoms with Crippen LogP contribution in [-0.4, -0.2) is 29.7 Å². The molecule has 0 atom stereocenters. The molecule has 2 fully saturated rings. The highest BCUT2D eigenvalue weighted by atomic mass is 16.4. The highest BCUT2D eigenvalue weighted by Crippen LogP contribution is 2.41. The Morgan fingerprint density at radius 1 is 1.10 bits per heavy atom. The molecule has 5 heteroatoms. The second kappa shape index (κ2) is 6.67. The molecule has 2 amide bonds. The average molecular weight is 296 g/mol. The molecule has 120 valence electrons. The molecule has 3 N–H and O–H groups in total. The lowest BCUT2D eigenvalue weighted by Crippen LogP contribution is -2.48. The van der Waals surface area contributed by atoms with Crippen LogP contribution in [0, 0.1) is 17.3 Å². The predicted molar refractivity (Wildman–Crippen MR) is 81.0 cm³/mol. The summed E-state index contributed by atoms with van der Waals surface area (Å²) >= 11 is 0. The Morgan fingerprint density at radius 3 is 2.19 bits per heavy atom. The van der Waals surface area contributed by atoms with Crippen LogP contribution < -0.4 is 10.6 Å². The van der Waals surface area contributed by atoms with Crippen molar-refractivity contribution in [1.29, 1.82) is 0 Å². The summed E-state index contributed by atoms with van der Waals surface area (Å²) in [7, 11) is 0. The summed E-state index contributed by atoms with van der Waals surface area (Å²) in [6.07, 6.45) is 6.70. The van der Waals surface area contributed by atoms with Crippen molar-refractivity contribution in [1.82, 2.24) is 10.6 Å². The number of aliphatic carboxylic acids is 1. The highest BCUT2D eigenvalue weighted by molar-refractivity contribution is 5.74. The van der Waals surface area contributed by atoms with Crippen molar-refractivity contribution < 1.29 is 14.7 Å². The summed E-state index contributed by atoms with van der Waals surface area (Å²) in [5.41, 5.74) is 0.163. The topological polar surface area (TPSA) is 78.4 Å². The van der Waals surface area contributed by atoms with Gasteiger partial charge in [-0.05, 0) is 49.9 Å². The van der Waals surface area contributed by atoms with Gasteiger partial charge in [0.15, 0.2) is 0 Å². The number of urea groups is 1. The Bertz CT molecular complexity index is 383. The van der Waals surface area contributed by atoms with Crippen LogP contribution in [0.1, 0.15) is 58.8 Å². The van der Waals surface area contributed by atoms with E-state index in [1.807, 2.05) is 0 Å². The minimum absolute atomic E-state index is 0.110. The lowest BCUT2D eigenvalue weighted by atomic mass is 9.67. The number of carboxylic acid groups (broad SMARTS) is 1. The molecule has 2 aliphatic rings. The summed E-state index contributed by atoms with van der Waals surface area (Å²) in [5, 5.41) is 14.9. The second-order valence-electron chi connectivity index (χ2n) is 7.33. The van der Waals surface area contributed by atoms with Crippen molar-refractivity contribution in [2.75, 3.05) is 6.54 Å². The molecule has 0 spiro atoms. The van der Waals surface area contributed by atoms with E-state index < -0.39 is 5.97 Å². The lowest BCUT2D eigenvalue weighted by Gasteiger charge is -2.40. The minimum Gasteiger partial charge on any atom is -0.481 e. The first kappa shape index (κ1) is 16.1. The van der Waals surface area contributed by atoms with E-state index >= 15 is 0 Å². The number of carbonyl (C=O) groups is 2. The van der Waals surface area contributed by atoms with Gasteiger partial charge < -0.3 is 15.7 Å². The van der Waals surface area contributed by atoms with Crippen molar-refractivity contribution in [3.63, 3.8) is 0 Å². The number of nitrogens with one attached hydrogen (secondary N) is 2. The fraction of sp³-hybridized carbons (Fsp3) is 0.875. The molecule has 0 radical (unpaired) electrons. The Hall–Kier alpha value is -1.26. The number of carboxylic acids is 1. The van der Waals surface area contributed by atoms with Gasteiger partial charge in [-0.3, -0.25) is 4.79 Å². The minimum atomic E-state index is -0.708. The van der Waals surface area contributed by atoms with Crippen LogP contribution in [0.15, 0.2) is 0 Å². The molecule has 0 aromatic heterocycles. The van der Waals surface area contributed by atoms with Gasteiger partial charge in [0.05, 0.1) is 5.92 Å². The predicted octanol–water partition coefficient (Wildman–Crippen LogP) is 2.76.